The summed E-state index contributed by atoms with van der Waals surface area (Å²) < 4.78 is 8.85. The Labute approximate surface area is 286 Å². The third-order valence-corrected chi connectivity index (χ3v) is 10.2. The predicted molar refractivity (Wildman–Crippen MR) is 207 cm³/mol. The highest BCUT2D eigenvalue weighted by atomic mass is 16.3. The molecule has 0 aliphatic rings. The first kappa shape index (κ1) is 27.2. The Morgan fingerprint density at radius 2 is 1.08 bits per heavy atom. The van der Waals surface area contributed by atoms with Gasteiger partial charge >= 0.3 is 0 Å². The van der Waals surface area contributed by atoms with Crippen molar-refractivity contribution in [1.82, 2.24) is 14.5 Å². The van der Waals surface area contributed by atoms with Gasteiger partial charge in [-0.1, -0.05) is 140 Å². The Kier molecular flexibility index (Phi) is 5.63. The highest BCUT2D eigenvalue weighted by Crippen LogP contribution is 2.46. The number of hydrogen-bond donors (Lipinski definition) is 0. The largest absolute Gasteiger partial charge is 0.455 e. The highest BCUT2D eigenvalue weighted by molar-refractivity contribution is 6.35. The maximum atomic E-state index is 6.59. The SMILES string of the molecule is c1ccc2cc(-c3ccc(-c4nc(-n5c6ccccc6c6c7c8ccccc8oc7c7ccccc7c65)nc5ccccc45)cc3)ccc2c1. The van der Waals surface area contributed by atoms with Crippen LogP contribution in [0, 0.1) is 0 Å². The van der Waals surface area contributed by atoms with Crippen molar-refractivity contribution in [3.63, 3.8) is 0 Å². The lowest BCUT2D eigenvalue weighted by atomic mass is 9.99. The first-order valence-electron chi connectivity index (χ1n) is 16.9. The Balaban J connectivity index is 1.19. The first-order valence-corrected chi connectivity index (χ1v) is 16.9. The number of para-hydroxylation sites is 3. The molecule has 4 heteroatoms. The molecule has 0 spiro atoms. The van der Waals surface area contributed by atoms with Gasteiger partial charge < -0.3 is 4.42 Å². The number of furan rings is 1. The molecule has 8 aromatic carbocycles. The van der Waals surface area contributed by atoms with Crippen LogP contribution in [-0.2, 0) is 0 Å². The lowest BCUT2D eigenvalue weighted by Crippen LogP contribution is -2.03. The van der Waals surface area contributed by atoms with E-state index in [1.165, 1.54) is 21.9 Å². The summed E-state index contributed by atoms with van der Waals surface area (Å²) in [6, 6.07) is 57.7. The maximum Gasteiger partial charge on any atom is 0.235 e. The van der Waals surface area contributed by atoms with Crippen molar-refractivity contribution in [2.75, 3.05) is 0 Å². The van der Waals surface area contributed by atoms with E-state index in [9.17, 15) is 0 Å². The van der Waals surface area contributed by atoms with E-state index in [0.29, 0.717) is 5.95 Å². The molecule has 4 nitrogen and oxygen atoms in total. The zero-order chi connectivity index (χ0) is 32.8. The molecule has 0 N–H and O–H groups in total. The highest BCUT2D eigenvalue weighted by Gasteiger charge is 2.24. The average Bonchev–Trinajstić information content (AvgIpc) is 3.74. The molecule has 11 rings (SSSR count). The molecular weight excluding hydrogens is 611 g/mol. The maximum absolute atomic E-state index is 6.59. The van der Waals surface area contributed by atoms with E-state index in [1.54, 1.807) is 0 Å². The summed E-state index contributed by atoms with van der Waals surface area (Å²) >= 11 is 0. The van der Waals surface area contributed by atoms with E-state index in [1.807, 2.05) is 12.1 Å². The predicted octanol–water partition coefficient (Wildman–Crippen LogP) is 12.3. The molecule has 0 fully saturated rings. The first-order chi connectivity index (χ1) is 24.8. The minimum Gasteiger partial charge on any atom is -0.455 e. The lowest BCUT2D eigenvalue weighted by molar-refractivity contribution is 0.673. The summed E-state index contributed by atoms with van der Waals surface area (Å²) in [6.45, 7) is 0. The van der Waals surface area contributed by atoms with Crippen LogP contribution < -0.4 is 0 Å². The van der Waals surface area contributed by atoms with Crippen molar-refractivity contribution >= 4 is 76.2 Å². The second-order valence-corrected chi connectivity index (χ2v) is 13.0. The fraction of sp³-hybridized carbons (Fsp3) is 0. The molecule has 3 aromatic heterocycles. The normalized spacial score (nSPS) is 12.0. The van der Waals surface area contributed by atoms with E-state index >= 15 is 0 Å². The van der Waals surface area contributed by atoms with Crippen molar-refractivity contribution in [2.45, 2.75) is 0 Å². The number of nitrogens with zero attached hydrogens (tertiary/aromatic N) is 3. The second kappa shape index (κ2) is 10.4. The Morgan fingerprint density at radius 1 is 0.440 bits per heavy atom. The van der Waals surface area contributed by atoms with Crippen LogP contribution >= 0.6 is 0 Å². The summed E-state index contributed by atoms with van der Waals surface area (Å²) in [5.41, 5.74) is 9.13. The van der Waals surface area contributed by atoms with E-state index in [0.717, 1.165) is 76.7 Å². The molecule has 0 amide bonds. The van der Waals surface area contributed by atoms with Gasteiger partial charge in [0.25, 0.3) is 0 Å². The second-order valence-electron chi connectivity index (χ2n) is 13.0. The molecule has 0 aliphatic heterocycles. The van der Waals surface area contributed by atoms with Crippen LogP contribution in [-0.4, -0.2) is 14.5 Å². The lowest BCUT2D eigenvalue weighted by Gasteiger charge is -2.13. The minimum atomic E-state index is 0.640. The monoisotopic (exact) mass is 637 g/mol. The fourth-order valence-corrected chi connectivity index (χ4v) is 7.90. The van der Waals surface area contributed by atoms with Crippen molar-refractivity contribution in [3.05, 3.63) is 164 Å². The van der Waals surface area contributed by atoms with Gasteiger partial charge in [-0.2, -0.15) is 0 Å². The van der Waals surface area contributed by atoms with Crippen LogP contribution in [0.3, 0.4) is 0 Å². The van der Waals surface area contributed by atoms with Gasteiger partial charge in [0.1, 0.15) is 11.2 Å². The number of aromatic nitrogens is 3. The van der Waals surface area contributed by atoms with Gasteiger partial charge in [-0.05, 0) is 46.2 Å². The Hall–Kier alpha value is -6.78. The number of benzene rings is 8. The summed E-state index contributed by atoms with van der Waals surface area (Å²) in [5, 5.41) is 10.2. The Bertz CT molecular complexity index is 3150. The van der Waals surface area contributed by atoms with Gasteiger partial charge in [0.15, 0.2) is 0 Å². The molecule has 0 atom stereocenters. The summed E-state index contributed by atoms with van der Waals surface area (Å²) in [5.74, 6) is 0.640. The number of fused-ring (bicyclic) bond motifs is 12. The average molecular weight is 638 g/mol. The van der Waals surface area contributed by atoms with E-state index < -0.39 is 0 Å². The molecule has 0 saturated heterocycles. The van der Waals surface area contributed by atoms with E-state index in [-0.39, 0.29) is 0 Å². The quantitative estimate of drug-likeness (QED) is 0.194. The molecule has 50 heavy (non-hydrogen) atoms. The van der Waals surface area contributed by atoms with Gasteiger partial charge in [-0.3, -0.25) is 4.57 Å². The molecular formula is C46H27N3O. The van der Waals surface area contributed by atoms with Gasteiger partial charge in [0.05, 0.1) is 22.2 Å². The molecule has 11 aromatic rings. The van der Waals surface area contributed by atoms with Crippen LogP contribution in [0.25, 0.3) is 105 Å². The van der Waals surface area contributed by atoms with Gasteiger partial charge in [0, 0.05) is 43.3 Å². The van der Waals surface area contributed by atoms with Crippen molar-refractivity contribution in [2.24, 2.45) is 0 Å². The smallest absolute Gasteiger partial charge is 0.235 e. The summed E-state index contributed by atoms with van der Waals surface area (Å²) in [4.78, 5) is 10.7. The van der Waals surface area contributed by atoms with Crippen LogP contribution in [0.2, 0.25) is 0 Å². The van der Waals surface area contributed by atoms with Crippen molar-refractivity contribution < 1.29 is 4.42 Å². The zero-order valence-corrected chi connectivity index (χ0v) is 26.8. The topological polar surface area (TPSA) is 43.9 Å². The summed E-state index contributed by atoms with van der Waals surface area (Å²) in [6.07, 6.45) is 0. The molecule has 3 heterocycles. The van der Waals surface area contributed by atoms with Gasteiger partial charge in [-0.15, -0.1) is 0 Å². The van der Waals surface area contributed by atoms with Crippen LogP contribution in [0.4, 0.5) is 0 Å². The van der Waals surface area contributed by atoms with Crippen molar-refractivity contribution in [3.8, 4) is 28.3 Å². The molecule has 232 valence electrons. The van der Waals surface area contributed by atoms with Crippen LogP contribution in [0.1, 0.15) is 0 Å². The standard InChI is InChI=1S/C46H27N3O/c1-2-12-31-27-32(26-23-28(31)11-1)29-21-24-30(25-22-29)43-35-15-5-8-18-38(35)47-46(48-43)49-39-19-9-6-16-36(39)41-42-37-17-7-10-20-40(37)50-45(42)34-14-4-3-13-33(34)44(41)49/h1-27H. The number of hydrogen-bond acceptors (Lipinski definition) is 3. The van der Waals surface area contributed by atoms with Gasteiger partial charge in [0.2, 0.25) is 5.95 Å². The fourth-order valence-electron chi connectivity index (χ4n) is 7.90. The van der Waals surface area contributed by atoms with Crippen LogP contribution in [0.15, 0.2) is 168 Å². The molecule has 0 saturated carbocycles. The third kappa shape index (κ3) is 3.87. The molecule has 0 aliphatic carbocycles. The molecule has 0 bridgehead atoms. The van der Waals surface area contributed by atoms with Gasteiger partial charge in [-0.25, -0.2) is 9.97 Å². The number of rotatable bonds is 3. The third-order valence-electron chi connectivity index (χ3n) is 10.2. The van der Waals surface area contributed by atoms with Crippen molar-refractivity contribution in [1.29, 1.82) is 0 Å². The van der Waals surface area contributed by atoms with E-state index in [4.69, 9.17) is 14.4 Å². The van der Waals surface area contributed by atoms with E-state index in [2.05, 4.69) is 156 Å². The molecule has 0 radical (unpaired) electrons. The minimum absolute atomic E-state index is 0.640. The summed E-state index contributed by atoms with van der Waals surface area (Å²) in [7, 11) is 0. The Morgan fingerprint density at radius 3 is 1.94 bits per heavy atom. The molecule has 0 unspecified atom stereocenters. The van der Waals surface area contributed by atoms with Crippen LogP contribution in [0.5, 0.6) is 0 Å². The zero-order valence-electron chi connectivity index (χ0n) is 26.8.